The molecule has 0 fully saturated rings. The van der Waals surface area contributed by atoms with E-state index in [0.717, 1.165) is 53.6 Å². The van der Waals surface area contributed by atoms with Crippen LogP contribution in [-0.4, -0.2) is 28.1 Å². The van der Waals surface area contributed by atoms with Gasteiger partial charge in [-0.1, -0.05) is 55.8 Å². The van der Waals surface area contributed by atoms with Crippen molar-refractivity contribution in [1.82, 2.24) is 14.5 Å². The second-order valence-electron chi connectivity index (χ2n) is 9.73. The van der Waals surface area contributed by atoms with E-state index in [1.54, 1.807) is 22.9 Å². The number of aromatic nitrogens is 3. The van der Waals surface area contributed by atoms with Gasteiger partial charge in [0.1, 0.15) is 5.82 Å². The quantitative estimate of drug-likeness (QED) is 0.343. The molecule has 8 heteroatoms. The monoisotopic (exact) mass is 529 g/mol. The molecule has 7 nitrogen and oxygen atoms in total. The largest absolute Gasteiger partial charge is 0.493 e. The smallest absolute Gasteiger partial charge is 0.296 e. The molecule has 196 valence electrons. The number of fused-ring (bicyclic) bond motifs is 1. The summed E-state index contributed by atoms with van der Waals surface area (Å²) in [4.78, 5) is 21.0. The van der Waals surface area contributed by atoms with Crippen molar-refractivity contribution >= 4 is 9.84 Å². The first-order valence-corrected chi connectivity index (χ1v) is 14.5. The molecule has 0 amide bonds. The highest BCUT2D eigenvalue weighted by Gasteiger charge is 2.33. The van der Waals surface area contributed by atoms with Crippen LogP contribution in [0.15, 0.2) is 81.4 Å². The maximum Gasteiger partial charge on any atom is 0.296 e. The Morgan fingerprint density at radius 1 is 1.05 bits per heavy atom. The summed E-state index contributed by atoms with van der Waals surface area (Å²) >= 11 is 0. The molecule has 2 aromatic heterocycles. The summed E-state index contributed by atoms with van der Waals surface area (Å²) in [5, 5.41) is 11.5. The molecule has 0 saturated heterocycles. The van der Waals surface area contributed by atoms with Gasteiger partial charge in [-0.05, 0) is 67.5 Å². The zero-order valence-corrected chi connectivity index (χ0v) is 22.4. The topological polar surface area (TPSA) is 102 Å². The van der Waals surface area contributed by atoms with Crippen LogP contribution in [0.4, 0.5) is 0 Å². The number of sulfone groups is 1. The van der Waals surface area contributed by atoms with E-state index in [1.165, 1.54) is 12.1 Å². The molecule has 2 aromatic carbocycles. The van der Waals surface area contributed by atoms with E-state index < -0.39 is 26.2 Å². The molecule has 1 aliphatic rings. The standard InChI is InChI=1S/C30H31N3O4S/c1-3-4-14-27-32-29(34)28(30(35)33(27)26-13-7-10-21-9-5-6-11-25(21)26)38(36,37)23-17-15-22(16-18-23)24-12-8-19-31-20(24)2/h5-6,8-9,11-12,15-19,26,35H,3-4,7,10,13-14H2,1-2H3/t26-/m0/s1. The SMILES string of the molecule is CCCCc1nc(=O)c(S(=O)(=O)c2ccc(-c3cccnc3C)cc2)c(O)n1[C@H]1CCCc2ccccc21. The van der Waals surface area contributed by atoms with Gasteiger partial charge in [0.05, 0.1) is 10.9 Å². The van der Waals surface area contributed by atoms with E-state index in [0.29, 0.717) is 18.7 Å². The van der Waals surface area contributed by atoms with E-state index >= 15 is 0 Å². The first-order valence-electron chi connectivity index (χ1n) is 13.0. The molecular formula is C30H31N3O4S. The summed E-state index contributed by atoms with van der Waals surface area (Å²) in [6.07, 6.45) is 6.33. The fourth-order valence-corrected chi connectivity index (χ4v) is 6.68. The average molecular weight is 530 g/mol. The summed E-state index contributed by atoms with van der Waals surface area (Å²) in [6.45, 7) is 3.92. The lowest BCUT2D eigenvalue weighted by atomic mass is 9.87. The van der Waals surface area contributed by atoms with Crippen molar-refractivity contribution in [3.8, 4) is 17.0 Å². The Hall–Kier alpha value is -3.78. The van der Waals surface area contributed by atoms with E-state index in [9.17, 15) is 18.3 Å². The van der Waals surface area contributed by atoms with Gasteiger partial charge in [0.25, 0.3) is 5.56 Å². The third-order valence-electron chi connectivity index (χ3n) is 7.29. The summed E-state index contributed by atoms with van der Waals surface area (Å²) in [5.41, 5.74) is 3.78. The first kappa shape index (κ1) is 25.9. The van der Waals surface area contributed by atoms with Crippen LogP contribution in [0.3, 0.4) is 0 Å². The Balaban J connectivity index is 1.64. The molecule has 0 spiro atoms. The van der Waals surface area contributed by atoms with Gasteiger partial charge in [-0.25, -0.2) is 8.42 Å². The van der Waals surface area contributed by atoms with Crippen LogP contribution in [-0.2, 0) is 22.7 Å². The fourth-order valence-electron chi connectivity index (χ4n) is 5.34. The van der Waals surface area contributed by atoms with Gasteiger partial charge < -0.3 is 5.11 Å². The molecule has 1 aliphatic carbocycles. The number of rotatable bonds is 7. The van der Waals surface area contributed by atoms with E-state index in [2.05, 4.69) is 16.0 Å². The van der Waals surface area contributed by atoms with Crippen molar-refractivity contribution in [3.63, 3.8) is 0 Å². The lowest BCUT2D eigenvalue weighted by Gasteiger charge is -2.30. The Bertz CT molecular complexity index is 1640. The Morgan fingerprint density at radius 2 is 1.82 bits per heavy atom. The van der Waals surface area contributed by atoms with Crippen molar-refractivity contribution in [2.24, 2.45) is 0 Å². The van der Waals surface area contributed by atoms with E-state index in [4.69, 9.17) is 0 Å². The van der Waals surface area contributed by atoms with Gasteiger partial charge in [0.15, 0.2) is 4.90 Å². The number of unbranched alkanes of at least 4 members (excludes halogenated alkanes) is 1. The maximum atomic E-state index is 13.8. The molecular weight excluding hydrogens is 498 g/mol. The lowest BCUT2D eigenvalue weighted by molar-refractivity contribution is 0.346. The Labute approximate surface area is 222 Å². The summed E-state index contributed by atoms with van der Waals surface area (Å²) in [6, 6.07) is 17.7. The number of nitrogens with zero attached hydrogens (tertiary/aromatic N) is 3. The molecule has 0 saturated carbocycles. The maximum absolute atomic E-state index is 13.8. The van der Waals surface area contributed by atoms with Crippen LogP contribution in [0.5, 0.6) is 5.88 Å². The van der Waals surface area contributed by atoms with Gasteiger partial charge in [-0.15, -0.1) is 0 Å². The zero-order valence-electron chi connectivity index (χ0n) is 21.6. The highest BCUT2D eigenvalue weighted by molar-refractivity contribution is 7.91. The third-order valence-corrected chi connectivity index (χ3v) is 9.08. The second kappa shape index (κ2) is 10.5. The van der Waals surface area contributed by atoms with Crippen molar-refractivity contribution in [2.75, 3.05) is 0 Å². The number of hydrogen-bond acceptors (Lipinski definition) is 6. The van der Waals surface area contributed by atoms with Crippen molar-refractivity contribution in [1.29, 1.82) is 0 Å². The van der Waals surface area contributed by atoms with Crippen molar-refractivity contribution in [3.05, 3.63) is 99.9 Å². The van der Waals surface area contributed by atoms with E-state index in [1.807, 2.05) is 44.2 Å². The minimum atomic E-state index is -4.35. The van der Waals surface area contributed by atoms with Crippen LogP contribution >= 0.6 is 0 Å². The van der Waals surface area contributed by atoms with Crippen LogP contribution in [0.1, 0.15) is 61.3 Å². The number of aromatic hydroxyl groups is 1. The number of hydrogen-bond donors (Lipinski definition) is 1. The van der Waals surface area contributed by atoms with E-state index in [-0.39, 0.29) is 10.9 Å². The van der Waals surface area contributed by atoms with Gasteiger partial charge in [-0.3, -0.25) is 14.3 Å². The predicted octanol–water partition coefficient (Wildman–Crippen LogP) is 5.42. The summed E-state index contributed by atoms with van der Waals surface area (Å²) < 4.78 is 29.1. The average Bonchev–Trinajstić information content (AvgIpc) is 2.92. The third kappa shape index (κ3) is 4.65. The Morgan fingerprint density at radius 3 is 2.55 bits per heavy atom. The van der Waals surface area contributed by atoms with Gasteiger partial charge >= 0.3 is 0 Å². The molecule has 0 bridgehead atoms. The van der Waals surface area contributed by atoms with Crippen LogP contribution in [0, 0.1) is 6.92 Å². The van der Waals surface area contributed by atoms with Gasteiger partial charge in [-0.2, -0.15) is 4.98 Å². The van der Waals surface area contributed by atoms with Gasteiger partial charge in [0, 0.05) is 23.9 Å². The van der Waals surface area contributed by atoms with Gasteiger partial charge in [0.2, 0.25) is 15.7 Å². The fraction of sp³-hybridized carbons (Fsp3) is 0.300. The minimum Gasteiger partial charge on any atom is -0.493 e. The molecule has 0 unspecified atom stereocenters. The van der Waals surface area contributed by atoms with Crippen molar-refractivity contribution < 1.29 is 13.5 Å². The normalized spacial score (nSPS) is 15.3. The number of benzene rings is 2. The molecule has 0 radical (unpaired) electrons. The summed E-state index contributed by atoms with van der Waals surface area (Å²) in [5.74, 6) is -0.123. The Kier molecular flexibility index (Phi) is 7.17. The van der Waals surface area contributed by atoms with Crippen molar-refractivity contribution in [2.45, 2.75) is 68.2 Å². The van der Waals surface area contributed by atoms with Crippen LogP contribution < -0.4 is 5.56 Å². The second-order valence-corrected chi connectivity index (χ2v) is 11.6. The number of aryl methyl sites for hydroxylation is 3. The van der Waals surface area contributed by atoms with Crippen LogP contribution in [0.25, 0.3) is 11.1 Å². The molecule has 1 N–H and O–H groups in total. The molecule has 1 atom stereocenters. The summed E-state index contributed by atoms with van der Waals surface area (Å²) in [7, 11) is -4.35. The molecule has 5 rings (SSSR count). The molecule has 2 heterocycles. The molecule has 38 heavy (non-hydrogen) atoms. The van der Waals surface area contributed by atoms with Crippen LogP contribution in [0.2, 0.25) is 0 Å². The number of pyridine rings is 1. The molecule has 0 aliphatic heterocycles. The highest BCUT2D eigenvalue weighted by atomic mass is 32.2. The molecule has 4 aromatic rings. The predicted molar refractivity (Wildman–Crippen MR) is 146 cm³/mol. The first-order chi connectivity index (χ1) is 18.3. The highest BCUT2D eigenvalue weighted by Crippen LogP contribution is 2.38. The minimum absolute atomic E-state index is 0.0751. The lowest BCUT2D eigenvalue weighted by Crippen LogP contribution is -2.29. The zero-order chi connectivity index (χ0) is 26.9.